The second-order valence-corrected chi connectivity index (χ2v) is 13.8. The molecule has 46 heavy (non-hydrogen) atoms. The van der Waals surface area contributed by atoms with E-state index in [1.807, 2.05) is 0 Å². The number of hydrogen-bond acceptors (Lipinski definition) is 4. The first kappa shape index (κ1) is 42.1. The second-order valence-electron chi connectivity index (χ2n) is 13.8. The molecular formula is C40H74N4O2. The SMILES string of the molecule is CCCCCCCCCCCCCN(C)CCNC(=O)c1ccc(C(=O)NCCN(C)CCCCCCCCCCCCC)cc1. The summed E-state index contributed by atoms with van der Waals surface area (Å²) in [6, 6.07) is 6.99. The Morgan fingerprint density at radius 1 is 0.435 bits per heavy atom. The van der Waals surface area contributed by atoms with E-state index in [1.54, 1.807) is 24.3 Å². The van der Waals surface area contributed by atoms with Gasteiger partial charge in [-0.3, -0.25) is 9.59 Å². The molecule has 1 aromatic carbocycles. The van der Waals surface area contributed by atoms with Crippen molar-refractivity contribution in [2.24, 2.45) is 0 Å². The third-order valence-corrected chi connectivity index (χ3v) is 9.25. The summed E-state index contributed by atoms with van der Waals surface area (Å²) in [5.41, 5.74) is 1.19. The number of hydrogen-bond donors (Lipinski definition) is 2. The first-order chi connectivity index (χ1) is 22.5. The monoisotopic (exact) mass is 643 g/mol. The second kappa shape index (κ2) is 30.4. The van der Waals surface area contributed by atoms with Gasteiger partial charge in [-0.15, -0.1) is 0 Å². The number of likely N-dealkylation sites (N-methyl/N-ethyl adjacent to an activating group) is 2. The van der Waals surface area contributed by atoms with Crippen molar-refractivity contribution >= 4 is 11.8 Å². The van der Waals surface area contributed by atoms with Crippen LogP contribution in [0.15, 0.2) is 24.3 Å². The molecule has 0 spiro atoms. The molecule has 0 unspecified atom stereocenters. The fourth-order valence-corrected chi connectivity index (χ4v) is 6.01. The maximum atomic E-state index is 12.6. The Bertz CT molecular complexity index is 775. The summed E-state index contributed by atoms with van der Waals surface area (Å²) in [5, 5.41) is 6.05. The molecule has 0 aliphatic heterocycles. The topological polar surface area (TPSA) is 64.7 Å². The van der Waals surface area contributed by atoms with Crippen molar-refractivity contribution in [3.05, 3.63) is 35.4 Å². The molecule has 6 heteroatoms. The van der Waals surface area contributed by atoms with Gasteiger partial charge in [0.15, 0.2) is 0 Å². The van der Waals surface area contributed by atoms with Gasteiger partial charge in [-0.25, -0.2) is 0 Å². The van der Waals surface area contributed by atoms with Crippen molar-refractivity contribution in [1.82, 2.24) is 20.4 Å². The first-order valence-corrected chi connectivity index (χ1v) is 19.5. The molecule has 0 heterocycles. The molecule has 0 saturated heterocycles. The molecule has 0 radical (unpaired) electrons. The van der Waals surface area contributed by atoms with Crippen molar-refractivity contribution in [3.63, 3.8) is 0 Å². The van der Waals surface area contributed by atoms with E-state index in [-0.39, 0.29) is 11.8 Å². The van der Waals surface area contributed by atoms with E-state index in [1.165, 1.54) is 141 Å². The van der Waals surface area contributed by atoms with E-state index in [0.29, 0.717) is 24.2 Å². The van der Waals surface area contributed by atoms with Gasteiger partial charge in [0.1, 0.15) is 0 Å². The van der Waals surface area contributed by atoms with E-state index in [4.69, 9.17) is 0 Å². The zero-order valence-corrected chi connectivity index (χ0v) is 30.8. The lowest BCUT2D eigenvalue weighted by atomic mass is 10.1. The van der Waals surface area contributed by atoms with E-state index >= 15 is 0 Å². The number of nitrogens with one attached hydrogen (secondary N) is 2. The van der Waals surface area contributed by atoms with Crippen molar-refractivity contribution in [2.75, 3.05) is 53.4 Å². The fraction of sp³-hybridized carbons (Fsp3) is 0.800. The van der Waals surface area contributed by atoms with Crippen LogP contribution < -0.4 is 10.6 Å². The van der Waals surface area contributed by atoms with Gasteiger partial charge in [0.2, 0.25) is 0 Å². The number of amides is 2. The molecule has 0 fully saturated rings. The molecule has 0 aliphatic rings. The van der Waals surface area contributed by atoms with Gasteiger partial charge in [0.05, 0.1) is 0 Å². The van der Waals surface area contributed by atoms with Gasteiger partial charge in [-0.05, 0) is 64.3 Å². The maximum absolute atomic E-state index is 12.6. The van der Waals surface area contributed by atoms with Crippen LogP contribution in [0.2, 0.25) is 0 Å². The van der Waals surface area contributed by atoms with Crippen molar-refractivity contribution < 1.29 is 9.59 Å². The normalized spacial score (nSPS) is 11.4. The van der Waals surface area contributed by atoms with Crippen LogP contribution in [0.1, 0.15) is 176 Å². The highest BCUT2D eigenvalue weighted by molar-refractivity contribution is 5.97. The summed E-state index contributed by atoms with van der Waals surface area (Å²) in [6.07, 6.45) is 29.9. The highest BCUT2D eigenvalue weighted by atomic mass is 16.2. The van der Waals surface area contributed by atoms with Crippen LogP contribution in [0.3, 0.4) is 0 Å². The average molecular weight is 643 g/mol. The Balaban J connectivity index is 2.05. The smallest absolute Gasteiger partial charge is 0.251 e. The van der Waals surface area contributed by atoms with Crippen LogP contribution in [-0.2, 0) is 0 Å². The van der Waals surface area contributed by atoms with E-state index in [2.05, 4.69) is 48.4 Å². The zero-order valence-electron chi connectivity index (χ0n) is 30.8. The van der Waals surface area contributed by atoms with Crippen molar-refractivity contribution in [2.45, 2.75) is 155 Å². The van der Waals surface area contributed by atoms with Gasteiger partial charge in [-0.1, -0.05) is 142 Å². The van der Waals surface area contributed by atoms with Crippen LogP contribution >= 0.6 is 0 Å². The van der Waals surface area contributed by atoms with E-state index in [0.717, 1.165) is 26.2 Å². The molecule has 266 valence electrons. The van der Waals surface area contributed by atoms with Crippen molar-refractivity contribution in [3.8, 4) is 0 Å². The Morgan fingerprint density at radius 3 is 0.978 bits per heavy atom. The largest absolute Gasteiger partial charge is 0.351 e. The number of rotatable bonds is 32. The molecular weight excluding hydrogens is 568 g/mol. The molecule has 2 amide bonds. The van der Waals surface area contributed by atoms with E-state index < -0.39 is 0 Å². The summed E-state index contributed by atoms with van der Waals surface area (Å²) >= 11 is 0. The maximum Gasteiger partial charge on any atom is 0.251 e. The molecule has 0 saturated carbocycles. The van der Waals surface area contributed by atoms with Gasteiger partial charge in [0.25, 0.3) is 11.8 Å². The number of carbonyl (C=O) groups is 2. The number of unbranched alkanes of at least 4 members (excludes halogenated alkanes) is 20. The number of nitrogens with zero attached hydrogens (tertiary/aromatic N) is 2. The molecule has 0 atom stereocenters. The average Bonchev–Trinajstić information content (AvgIpc) is 3.06. The quantitative estimate of drug-likeness (QED) is 0.0768. The standard InChI is InChI=1S/C40H74N4O2/c1-5-7-9-11-13-15-17-19-21-23-25-33-43(3)35-31-41-39(45)37-27-29-38(30-28-37)40(46)42-32-36-44(4)34-26-24-22-20-18-16-14-12-10-8-6-2/h27-30H,5-26,31-36H2,1-4H3,(H,41,45)(H,42,46). The summed E-state index contributed by atoms with van der Waals surface area (Å²) in [7, 11) is 4.26. The van der Waals surface area contributed by atoms with Gasteiger partial charge >= 0.3 is 0 Å². The van der Waals surface area contributed by atoms with Crippen LogP contribution in [0.25, 0.3) is 0 Å². The predicted octanol–water partition coefficient (Wildman–Crippen LogP) is 9.63. The lowest BCUT2D eigenvalue weighted by Gasteiger charge is -2.17. The molecule has 2 N–H and O–H groups in total. The van der Waals surface area contributed by atoms with Gasteiger partial charge in [0, 0.05) is 37.3 Å². The summed E-state index contributed by atoms with van der Waals surface area (Å²) in [4.78, 5) is 29.8. The Hall–Kier alpha value is -1.92. The lowest BCUT2D eigenvalue weighted by Crippen LogP contribution is -2.34. The molecule has 0 aliphatic carbocycles. The van der Waals surface area contributed by atoms with E-state index in [9.17, 15) is 9.59 Å². The number of benzene rings is 1. The summed E-state index contributed by atoms with van der Waals surface area (Å²) in [5.74, 6) is -0.168. The molecule has 0 bridgehead atoms. The lowest BCUT2D eigenvalue weighted by molar-refractivity contribution is 0.0938. The molecule has 0 aromatic heterocycles. The Kier molecular flexibility index (Phi) is 27.8. The van der Waals surface area contributed by atoms with Gasteiger partial charge < -0.3 is 20.4 Å². The highest BCUT2D eigenvalue weighted by Crippen LogP contribution is 2.13. The fourth-order valence-electron chi connectivity index (χ4n) is 6.01. The minimum Gasteiger partial charge on any atom is -0.351 e. The zero-order chi connectivity index (χ0) is 33.5. The third kappa shape index (κ3) is 24.3. The van der Waals surface area contributed by atoms with Crippen LogP contribution in [0.5, 0.6) is 0 Å². The molecule has 6 nitrogen and oxygen atoms in total. The van der Waals surface area contributed by atoms with Crippen LogP contribution in [0.4, 0.5) is 0 Å². The van der Waals surface area contributed by atoms with Crippen LogP contribution in [-0.4, -0.2) is 75.0 Å². The molecule has 1 rings (SSSR count). The third-order valence-electron chi connectivity index (χ3n) is 9.25. The minimum absolute atomic E-state index is 0.0842. The summed E-state index contributed by atoms with van der Waals surface area (Å²) in [6.45, 7) is 9.64. The predicted molar refractivity (Wildman–Crippen MR) is 199 cm³/mol. The number of carbonyl (C=O) groups excluding carboxylic acids is 2. The van der Waals surface area contributed by atoms with Crippen molar-refractivity contribution in [1.29, 1.82) is 0 Å². The Labute approximate surface area is 285 Å². The first-order valence-electron chi connectivity index (χ1n) is 19.5. The summed E-state index contributed by atoms with van der Waals surface area (Å²) < 4.78 is 0. The van der Waals surface area contributed by atoms with Crippen LogP contribution in [0, 0.1) is 0 Å². The molecule has 1 aromatic rings. The minimum atomic E-state index is -0.0842. The Morgan fingerprint density at radius 2 is 0.696 bits per heavy atom. The highest BCUT2D eigenvalue weighted by Gasteiger charge is 2.10. The van der Waals surface area contributed by atoms with Gasteiger partial charge in [-0.2, -0.15) is 0 Å².